The second-order valence-electron chi connectivity index (χ2n) is 8.28. The molecule has 34 heavy (non-hydrogen) atoms. The van der Waals surface area contributed by atoms with Gasteiger partial charge in [0, 0.05) is 17.6 Å². The monoisotopic (exact) mass is 537 g/mol. The molecule has 0 aromatic heterocycles. The van der Waals surface area contributed by atoms with Crippen LogP contribution < -0.4 is 10.1 Å². The minimum Gasteiger partial charge on any atom is -0.483 e. The first-order valence-corrected chi connectivity index (χ1v) is 11.9. The first kappa shape index (κ1) is 25.7. The number of benzene rings is 1. The summed E-state index contributed by atoms with van der Waals surface area (Å²) in [5, 5.41) is 2.59. The normalized spacial score (nSPS) is 20.6. The topological polar surface area (TPSA) is 122 Å². The average Bonchev–Trinajstić information content (AvgIpc) is 3.51. The molecule has 2 fully saturated rings. The average molecular weight is 538 g/mol. The Morgan fingerprint density at radius 3 is 2.50 bits per heavy atom. The maximum Gasteiger partial charge on any atom is 0.328 e. The summed E-state index contributed by atoms with van der Waals surface area (Å²) >= 11 is 3.26. The standard InChI is InChI=1S/C23H28BrN3O7/c1-14(25-20(29)13-34-19-8-7-16(24)11-15(19)12-28)21(30)26-9-3-5-17(26)22(31)27-10-4-6-18(27)23(32)33-2/h7-8,11-12,14,17-18H,3-6,9-10,13H2,1-2H3,(H,25,29)/t14-,17-,18-/m0/s1. The maximum absolute atomic E-state index is 13.2. The molecule has 184 valence electrons. The molecule has 3 amide bonds. The van der Waals surface area contributed by atoms with E-state index in [1.807, 2.05) is 0 Å². The third-order valence-electron chi connectivity index (χ3n) is 6.04. The maximum atomic E-state index is 13.2. The number of carbonyl (C=O) groups excluding carboxylic acids is 5. The third kappa shape index (κ3) is 5.75. The highest BCUT2D eigenvalue weighted by molar-refractivity contribution is 9.10. The number of nitrogens with zero attached hydrogens (tertiary/aromatic N) is 2. The highest BCUT2D eigenvalue weighted by Gasteiger charge is 2.43. The van der Waals surface area contributed by atoms with Crippen LogP contribution in [0.2, 0.25) is 0 Å². The zero-order valence-electron chi connectivity index (χ0n) is 19.1. The van der Waals surface area contributed by atoms with E-state index in [4.69, 9.17) is 9.47 Å². The van der Waals surface area contributed by atoms with E-state index in [0.29, 0.717) is 49.5 Å². The van der Waals surface area contributed by atoms with Gasteiger partial charge in [0.2, 0.25) is 11.8 Å². The number of rotatable bonds is 8. The van der Waals surface area contributed by atoms with E-state index in [-0.39, 0.29) is 29.7 Å². The lowest BCUT2D eigenvalue weighted by molar-refractivity contribution is -0.154. The minimum absolute atomic E-state index is 0.253. The summed E-state index contributed by atoms with van der Waals surface area (Å²) in [5.74, 6) is -1.38. The van der Waals surface area contributed by atoms with Crippen LogP contribution in [-0.2, 0) is 23.9 Å². The molecule has 0 unspecified atom stereocenters. The SMILES string of the molecule is COC(=O)[C@@H]1CCCN1C(=O)[C@@H]1CCCN1C(=O)[C@H](C)NC(=O)COc1ccc(Br)cc1C=O. The van der Waals surface area contributed by atoms with E-state index in [0.717, 1.165) is 0 Å². The van der Waals surface area contributed by atoms with Gasteiger partial charge in [-0.1, -0.05) is 15.9 Å². The molecule has 1 aromatic rings. The third-order valence-corrected chi connectivity index (χ3v) is 6.53. The van der Waals surface area contributed by atoms with Gasteiger partial charge < -0.3 is 24.6 Å². The number of methoxy groups -OCH3 is 1. The van der Waals surface area contributed by atoms with Crippen molar-refractivity contribution in [1.82, 2.24) is 15.1 Å². The number of halogens is 1. The van der Waals surface area contributed by atoms with Crippen molar-refractivity contribution in [2.24, 2.45) is 0 Å². The Balaban J connectivity index is 1.57. The summed E-state index contributed by atoms with van der Waals surface area (Å²) < 4.78 is 10.9. The molecule has 0 radical (unpaired) electrons. The Hall–Kier alpha value is -2.95. The van der Waals surface area contributed by atoms with Gasteiger partial charge in [-0.05, 0) is 50.8 Å². The van der Waals surface area contributed by atoms with Crippen molar-refractivity contribution in [3.05, 3.63) is 28.2 Å². The van der Waals surface area contributed by atoms with E-state index in [9.17, 15) is 24.0 Å². The van der Waals surface area contributed by atoms with Gasteiger partial charge in [-0.3, -0.25) is 19.2 Å². The summed E-state index contributed by atoms with van der Waals surface area (Å²) in [6.07, 6.45) is 3.01. The van der Waals surface area contributed by atoms with Crippen molar-refractivity contribution in [3.63, 3.8) is 0 Å². The molecule has 10 nitrogen and oxygen atoms in total. The molecule has 0 aliphatic carbocycles. The molecule has 3 atom stereocenters. The summed E-state index contributed by atoms with van der Waals surface area (Å²) in [6, 6.07) is 2.64. The second kappa shape index (κ2) is 11.5. The van der Waals surface area contributed by atoms with E-state index < -0.39 is 30.0 Å². The van der Waals surface area contributed by atoms with Crippen LogP contribution in [0.5, 0.6) is 5.75 Å². The van der Waals surface area contributed by atoms with Crippen molar-refractivity contribution in [1.29, 1.82) is 0 Å². The molecule has 0 bridgehead atoms. The molecule has 2 aliphatic heterocycles. The number of hydrogen-bond donors (Lipinski definition) is 1. The van der Waals surface area contributed by atoms with Crippen LogP contribution in [0.25, 0.3) is 0 Å². The van der Waals surface area contributed by atoms with Gasteiger partial charge in [-0.25, -0.2) is 4.79 Å². The Bertz CT molecular complexity index is 970. The van der Waals surface area contributed by atoms with Crippen molar-refractivity contribution in [3.8, 4) is 5.75 Å². The number of esters is 1. The fourth-order valence-electron chi connectivity index (χ4n) is 4.37. The van der Waals surface area contributed by atoms with Crippen LogP contribution in [-0.4, -0.2) is 84.7 Å². The molecule has 2 heterocycles. The smallest absolute Gasteiger partial charge is 0.328 e. The zero-order chi connectivity index (χ0) is 24.8. The van der Waals surface area contributed by atoms with Gasteiger partial charge in [-0.2, -0.15) is 0 Å². The number of amides is 3. The Morgan fingerprint density at radius 2 is 1.82 bits per heavy atom. The molecule has 3 rings (SSSR count). The van der Waals surface area contributed by atoms with Gasteiger partial charge >= 0.3 is 5.97 Å². The summed E-state index contributed by atoms with van der Waals surface area (Å²) in [6.45, 7) is 2.00. The molecule has 0 spiro atoms. The van der Waals surface area contributed by atoms with Gasteiger partial charge in [0.05, 0.1) is 12.7 Å². The van der Waals surface area contributed by atoms with Gasteiger partial charge in [0.25, 0.3) is 5.91 Å². The first-order chi connectivity index (χ1) is 16.3. The van der Waals surface area contributed by atoms with Crippen LogP contribution in [0, 0.1) is 0 Å². The van der Waals surface area contributed by atoms with Crippen molar-refractivity contribution >= 4 is 45.9 Å². The van der Waals surface area contributed by atoms with E-state index in [1.165, 1.54) is 16.9 Å². The molecular weight excluding hydrogens is 510 g/mol. The number of nitrogens with one attached hydrogen (secondary N) is 1. The lowest BCUT2D eigenvalue weighted by Gasteiger charge is -2.31. The van der Waals surface area contributed by atoms with E-state index in [2.05, 4.69) is 21.2 Å². The quantitative estimate of drug-likeness (QED) is 0.391. The van der Waals surface area contributed by atoms with E-state index >= 15 is 0 Å². The van der Waals surface area contributed by atoms with Crippen LogP contribution in [0.1, 0.15) is 43.0 Å². The molecule has 1 aromatic carbocycles. The fourth-order valence-corrected chi connectivity index (χ4v) is 4.75. The second-order valence-corrected chi connectivity index (χ2v) is 9.20. The molecular formula is C23H28BrN3O7. The predicted octanol–water partition coefficient (Wildman–Crippen LogP) is 1.30. The highest BCUT2D eigenvalue weighted by Crippen LogP contribution is 2.26. The van der Waals surface area contributed by atoms with Crippen molar-refractivity contribution < 1.29 is 33.4 Å². The molecule has 2 aliphatic rings. The summed E-state index contributed by atoms with van der Waals surface area (Å²) in [4.78, 5) is 64.8. The van der Waals surface area contributed by atoms with Crippen LogP contribution in [0.15, 0.2) is 22.7 Å². The van der Waals surface area contributed by atoms with Crippen molar-refractivity contribution in [2.75, 3.05) is 26.8 Å². The Morgan fingerprint density at radius 1 is 1.15 bits per heavy atom. The highest BCUT2D eigenvalue weighted by atomic mass is 79.9. The van der Waals surface area contributed by atoms with Gasteiger partial charge in [-0.15, -0.1) is 0 Å². The van der Waals surface area contributed by atoms with Gasteiger partial charge in [0.15, 0.2) is 12.9 Å². The Kier molecular flexibility index (Phi) is 8.65. The van der Waals surface area contributed by atoms with E-state index in [1.54, 1.807) is 25.1 Å². The molecule has 1 N–H and O–H groups in total. The number of ether oxygens (including phenoxy) is 2. The van der Waals surface area contributed by atoms with Crippen LogP contribution in [0.3, 0.4) is 0 Å². The first-order valence-electron chi connectivity index (χ1n) is 11.1. The number of aldehydes is 1. The Labute approximate surface area is 206 Å². The lowest BCUT2D eigenvalue weighted by atomic mass is 10.1. The fraction of sp³-hybridized carbons (Fsp3) is 0.522. The molecule has 11 heteroatoms. The number of likely N-dealkylation sites (tertiary alicyclic amines) is 2. The van der Waals surface area contributed by atoms with Crippen LogP contribution in [0.4, 0.5) is 0 Å². The number of carbonyl (C=O) groups is 5. The van der Waals surface area contributed by atoms with Crippen LogP contribution >= 0.6 is 15.9 Å². The summed E-state index contributed by atoms with van der Waals surface area (Å²) in [7, 11) is 1.29. The molecule has 0 saturated carbocycles. The molecule has 2 saturated heterocycles. The zero-order valence-corrected chi connectivity index (χ0v) is 20.7. The van der Waals surface area contributed by atoms with Gasteiger partial charge in [0.1, 0.15) is 23.9 Å². The summed E-state index contributed by atoms with van der Waals surface area (Å²) in [5.41, 5.74) is 0.289. The number of hydrogen-bond acceptors (Lipinski definition) is 7. The predicted molar refractivity (Wildman–Crippen MR) is 124 cm³/mol. The minimum atomic E-state index is -0.880. The largest absolute Gasteiger partial charge is 0.483 e. The lowest BCUT2D eigenvalue weighted by Crippen LogP contribution is -2.55. The van der Waals surface area contributed by atoms with Crippen molar-refractivity contribution in [2.45, 2.75) is 50.7 Å².